The van der Waals surface area contributed by atoms with Gasteiger partial charge in [-0.3, -0.25) is 0 Å². The van der Waals surface area contributed by atoms with Crippen LogP contribution in [-0.4, -0.2) is 11.1 Å². The van der Waals surface area contributed by atoms with Crippen molar-refractivity contribution in [3.8, 4) is 11.1 Å². The molecule has 0 saturated heterocycles. The molecule has 76 valence electrons. The molecule has 0 radical (unpaired) electrons. The van der Waals surface area contributed by atoms with Gasteiger partial charge in [-0.1, -0.05) is 6.07 Å². The number of carboxylic acid groups (broad SMARTS) is 1. The second kappa shape index (κ2) is 3.87. The molecule has 0 aliphatic rings. The number of aryl methyl sites for hydroxylation is 1. The Morgan fingerprint density at radius 2 is 2.13 bits per heavy atom. The first-order chi connectivity index (χ1) is 7.18. The molecule has 1 aromatic heterocycles. The highest BCUT2D eigenvalue weighted by Crippen LogP contribution is 2.26. The van der Waals surface area contributed by atoms with Crippen molar-refractivity contribution in [2.75, 3.05) is 0 Å². The molecule has 0 aliphatic carbocycles. The molecule has 15 heavy (non-hydrogen) atoms. The van der Waals surface area contributed by atoms with Gasteiger partial charge in [-0.15, -0.1) is 0 Å². The number of hydrogen-bond acceptors (Lipinski definition) is 2. The standard InChI is InChI=1S/C12H10O2S/c1-8-2-3-9(12(13)14)6-11(8)10-4-5-15-7-10/h2-7H,1H3,(H,13,14). The Labute approximate surface area is 91.8 Å². The highest BCUT2D eigenvalue weighted by Gasteiger charge is 2.07. The fraction of sp³-hybridized carbons (Fsp3) is 0.0833. The normalized spacial score (nSPS) is 10.2. The molecule has 0 atom stereocenters. The maximum Gasteiger partial charge on any atom is 0.335 e. The SMILES string of the molecule is Cc1ccc(C(=O)O)cc1-c1ccsc1. The van der Waals surface area contributed by atoms with Gasteiger partial charge < -0.3 is 5.11 Å². The minimum absolute atomic E-state index is 0.335. The quantitative estimate of drug-likeness (QED) is 0.838. The van der Waals surface area contributed by atoms with Crippen LogP contribution in [0, 0.1) is 6.92 Å². The number of rotatable bonds is 2. The van der Waals surface area contributed by atoms with E-state index in [4.69, 9.17) is 5.11 Å². The van der Waals surface area contributed by atoms with Crippen molar-refractivity contribution >= 4 is 17.3 Å². The number of thiophene rings is 1. The minimum atomic E-state index is -0.883. The molecule has 0 amide bonds. The predicted octanol–water partition coefficient (Wildman–Crippen LogP) is 3.42. The molecular weight excluding hydrogens is 208 g/mol. The molecule has 1 heterocycles. The molecular formula is C12H10O2S. The first kappa shape index (κ1) is 9.93. The van der Waals surface area contributed by atoms with Gasteiger partial charge in [-0.2, -0.15) is 11.3 Å². The molecule has 1 aromatic carbocycles. The van der Waals surface area contributed by atoms with Crippen molar-refractivity contribution in [1.29, 1.82) is 0 Å². The van der Waals surface area contributed by atoms with Crippen LogP contribution < -0.4 is 0 Å². The Morgan fingerprint density at radius 1 is 1.33 bits per heavy atom. The minimum Gasteiger partial charge on any atom is -0.478 e. The third-order valence-corrected chi connectivity index (χ3v) is 3.00. The molecule has 0 spiro atoms. The zero-order valence-corrected chi connectivity index (χ0v) is 9.04. The van der Waals surface area contributed by atoms with Gasteiger partial charge in [0.15, 0.2) is 0 Å². The van der Waals surface area contributed by atoms with Gasteiger partial charge in [0, 0.05) is 0 Å². The second-order valence-corrected chi connectivity index (χ2v) is 4.13. The van der Waals surface area contributed by atoms with Crippen molar-refractivity contribution in [2.24, 2.45) is 0 Å². The van der Waals surface area contributed by atoms with Gasteiger partial charge in [-0.25, -0.2) is 4.79 Å². The van der Waals surface area contributed by atoms with Crippen molar-refractivity contribution in [3.63, 3.8) is 0 Å². The molecule has 0 aliphatic heterocycles. The van der Waals surface area contributed by atoms with Gasteiger partial charge >= 0.3 is 5.97 Å². The van der Waals surface area contributed by atoms with Crippen LogP contribution in [0.1, 0.15) is 15.9 Å². The summed E-state index contributed by atoms with van der Waals surface area (Å²) in [5, 5.41) is 12.9. The molecule has 2 rings (SSSR count). The number of carboxylic acids is 1. The summed E-state index contributed by atoms with van der Waals surface area (Å²) in [7, 11) is 0. The summed E-state index contributed by atoms with van der Waals surface area (Å²) in [4.78, 5) is 10.8. The number of aromatic carboxylic acids is 1. The Balaban J connectivity index is 2.55. The molecule has 0 fully saturated rings. The summed E-state index contributed by atoms with van der Waals surface area (Å²) in [5.74, 6) is -0.883. The molecule has 3 heteroatoms. The van der Waals surface area contributed by atoms with E-state index in [0.717, 1.165) is 16.7 Å². The Morgan fingerprint density at radius 3 is 2.73 bits per heavy atom. The summed E-state index contributed by atoms with van der Waals surface area (Å²) in [5.41, 5.74) is 3.51. The molecule has 2 aromatic rings. The first-order valence-electron chi connectivity index (χ1n) is 4.55. The van der Waals surface area contributed by atoms with Crippen LogP contribution >= 0.6 is 11.3 Å². The van der Waals surface area contributed by atoms with Crippen LogP contribution in [0.2, 0.25) is 0 Å². The van der Waals surface area contributed by atoms with Crippen molar-refractivity contribution in [2.45, 2.75) is 6.92 Å². The third-order valence-electron chi connectivity index (χ3n) is 2.32. The fourth-order valence-corrected chi connectivity index (χ4v) is 2.14. The van der Waals surface area contributed by atoms with E-state index in [2.05, 4.69) is 0 Å². The molecule has 0 bridgehead atoms. The van der Waals surface area contributed by atoms with E-state index >= 15 is 0 Å². The van der Waals surface area contributed by atoms with E-state index in [-0.39, 0.29) is 0 Å². The first-order valence-corrected chi connectivity index (χ1v) is 5.49. The van der Waals surface area contributed by atoms with Crippen LogP contribution in [0.15, 0.2) is 35.0 Å². The molecule has 0 saturated carbocycles. The van der Waals surface area contributed by atoms with Crippen molar-refractivity contribution in [3.05, 3.63) is 46.2 Å². The summed E-state index contributed by atoms with van der Waals surface area (Å²) in [6.07, 6.45) is 0. The zero-order chi connectivity index (χ0) is 10.8. The Kier molecular flexibility index (Phi) is 2.56. The number of carbonyl (C=O) groups is 1. The largest absolute Gasteiger partial charge is 0.478 e. The molecule has 1 N–H and O–H groups in total. The predicted molar refractivity (Wildman–Crippen MR) is 61.5 cm³/mol. The zero-order valence-electron chi connectivity index (χ0n) is 8.23. The lowest BCUT2D eigenvalue weighted by Gasteiger charge is -2.04. The van der Waals surface area contributed by atoms with Gasteiger partial charge in [0.25, 0.3) is 0 Å². The van der Waals surface area contributed by atoms with Gasteiger partial charge in [0.2, 0.25) is 0 Å². The highest BCUT2D eigenvalue weighted by atomic mass is 32.1. The average molecular weight is 218 g/mol. The fourth-order valence-electron chi connectivity index (χ4n) is 1.48. The van der Waals surface area contributed by atoms with E-state index in [9.17, 15) is 4.79 Å². The van der Waals surface area contributed by atoms with Crippen LogP contribution in [0.4, 0.5) is 0 Å². The lowest BCUT2D eigenvalue weighted by Crippen LogP contribution is -1.96. The van der Waals surface area contributed by atoms with E-state index < -0.39 is 5.97 Å². The Hall–Kier alpha value is -1.61. The van der Waals surface area contributed by atoms with Gasteiger partial charge in [-0.05, 0) is 52.6 Å². The van der Waals surface area contributed by atoms with Crippen molar-refractivity contribution < 1.29 is 9.90 Å². The second-order valence-electron chi connectivity index (χ2n) is 3.35. The monoisotopic (exact) mass is 218 g/mol. The summed E-state index contributed by atoms with van der Waals surface area (Å²) in [6.45, 7) is 1.98. The van der Waals surface area contributed by atoms with Crippen molar-refractivity contribution in [1.82, 2.24) is 0 Å². The summed E-state index contributed by atoms with van der Waals surface area (Å²) in [6, 6.07) is 7.20. The van der Waals surface area contributed by atoms with E-state index in [0.29, 0.717) is 5.56 Å². The third kappa shape index (κ3) is 1.92. The smallest absolute Gasteiger partial charge is 0.335 e. The van der Waals surface area contributed by atoms with Crippen LogP contribution in [-0.2, 0) is 0 Å². The lowest BCUT2D eigenvalue weighted by molar-refractivity contribution is 0.0697. The molecule has 0 unspecified atom stereocenters. The molecule has 2 nitrogen and oxygen atoms in total. The lowest BCUT2D eigenvalue weighted by atomic mass is 10.0. The van der Waals surface area contributed by atoms with E-state index in [1.54, 1.807) is 23.5 Å². The number of benzene rings is 1. The van der Waals surface area contributed by atoms with Gasteiger partial charge in [0.05, 0.1) is 5.56 Å². The van der Waals surface area contributed by atoms with E-state index in [1.807, 2.05) is 29.8 Å². The van der Waals surface area contributed by atoms with Gasteiger partial charge in [0.1, 0.15) is 0 Å². The van der Waals surface area contributed by atoms with Crippen LogP contribution in [0.3, 0.4) is 0 Å². The summed E-state index contributed by atoms with van der Waals surface area (Å²) < 4.78 is 0. The van der Waals surface area contributed by atoms with E-state index in [1.165, 1.54) is 0 Å². The van der Waals surface area contributed by atoms with Crippen LogP contribution in [0.5, 0.6) is 0 Å². The highest BCUT2D eigenvalue weighted by molar-refractivity contribution is 7.08. The average Bonchev–Trinajstić information content (AvgIpc) is 2.71. The Bertz CT molecular complexity index is 486. The number of hydrogen-bond donors (Lipinski definition) is 1. The topological polar surface area (TPSA) is 37.3 Å². The maximum absolute atomic E-state index is 10.8. The summed E-state index contributed by atoms with van der Waals surface area (Å²) >= 11 is 1.61. The maximum atomic E-state index is 10.8. The van der Waals surface area contributed by atoms with Crippen LogP contribution in [0.25, 0.3) is 11.1 Å².